The van der Waals surface area contributed by atoms with Crippen molar-refractivity contribution in [1.82, 2.24) is 15.5 Å². The fourth-order valence-electron chi connectivity index (χ4n) is 5.96. The maximum Gasteiger partial charge on any atom is 0.231 e. The van der Waals surface area contributed by atoms with Crippen molar-refractivity contribution in [3.8, 4) is 6.07 Å². The van der Waals surface area contributed by atoms with E-state index in [1.165, 1.54) is 30.5 Å². The molecular weight excluding hydrogens is 429 g/mol. The molecule has 34 heavy (non-hydrogen) atoms. The molecule has 6 rings (SSSR count). The number of nitrogens with one attached hydrogen (secondary N) is 2. The van der Waals surface area contributed by atoms with Crippen molar-refractivity contribution >= 4 is 11.6 Å². The molecule has 7 heteroatoms. The fraction of sp³-hybridized carbons (Fsp3) is 0.481. The molecule has 0 radical (unpaired) electrons. The van der Waals surface area contributed by atoms with Crippen LogP contribution in [0.4, 0.5) is 10.1 Å². The molecule has 3 saturated heterocycles. The highest BCUT2D eigenvalue weighted by Gasteiger charge is 2.41. The second-order valence-electron chi connectivity index (χ2n) is 10.2. The summed E-state index contributed by atoms with van der Waals surface area (Å²) in [5, 5.41) is 16.3. The van der Waals surface area contributed by atoms with Gasteiger partial charge in [0.2, 0.25) is 5.91 Å². The van der Waals surface area contributed by atoms with Crippen LogP contribution in [0.1, 0.15) is 54.5 Å². The van der Waals surface area contributed by atoms with Crippen molar-refractivity contribution < 1.29 is 9.18 Å². The van der Waals surface area contributed by atoms with Crippen LogP contribution in [0.2, 0.25) is 0 Å². The number of hydrogen-bond donors (Lipinski definition) is 2. The van der Waals surface area contributed by atoms with Crippen molar-refractivity contribution in [2.75, 3.05) is 31.1 Å². The molecule has 0 bridgehead atoms. The summed E-state index contributed by atoms with van der Waals surface area (Å²) >= 11 is 0. The molecule has 0 aromatic heterocycles. The summed E-state index contributed by atoms with van der Waals surface area (Å²) in [5.41, 5.74) is 2.79. The van der Waals surface area contributed by atoms with Crippen LogP contribution in [0.5, 0.6) is 0 Å². The van der Waals surface area contributed by atoms with Crippen LogP contribution in [0.25, 0.3) is 0 Å². The number of hydrogen-bond acceptors (Lipinski definition) is 5. The molecule has 0 spiro atoms. The predicted octanol–water partition coefficient (Wildman–Crippen LogP) is 3.47. The number of piperidine rings is 1. The molecule has 176 valence electrons. The van der Waals surface area contributed by atoms with Crippen LogP contribution in [0.3, 0.4) is 0 Å². The van der Waals surface area contributed by atoms with Gasteiger partial charge in [0.25, 0.3) is 0 Å². The van der Waals surface area contributed by atoms with Gasteiger partial charge in [-0.2, -0.15) is 5.26 Å². The van der Waals surface area contributed by atoms with Gasteiger partial charge in [-0.1, -0.05) is 18.2 Å². The first-order valence-electron chi connectivity index (χ1n) is 12.4. The van der Waals surface area contributed by atoms with Gasteiger partial charge in [0.15, 0.2) is 0 Å². The number of carbonyl (C=O) groups excluding carboxylic acids is 1. The van der Waals surface area contributed by atoms with Crippen LogP contribution < -0.4 is 15.5 Å². The lowest BCUT2D eigenvalue weighted by Crippen LogP contribution is -2.61. The summed E-state index contributed by atoms with van der Waals surface area (Å²) in [6, 6.07) is 14.8. The van der Waals surface area contributed by atoms with E-state index in [4.69, 9.17) is 0 Å². The predicted molar refractivity (Wildman–Crippen MR) is 127 cm³/mol. The Hall–Kier alpha value is -2.79. The summed E-state index contributed by atoms with van der Waals surface area (Å²) in [4.78, 5) is 17.8. The zero-order chi connectivity index (χ0) is 23.2. The zero-order valence-corrected chi connectivity index (χ0v) is 19.2. The number of benzene rings is 2. The van der Waals surface area contributed by atoms with Gasteiger partial charge < -0.3 is 5.32 Å². The molecule has 4 fully saturated rings. The number of amides is 1. The lowest BCUT2D eigenvalue weighted by atomic mass is 9.88. The van der Waals surface area contributed by atoms with Crippen molar-refractivity contribution in [2.24, 2.45) is 11.8 Å². The Morgan fingerprint density at radius 3 is 2.50 bits per heavy atom. The Balaban J connectivity index is 1.31. The molecule has 4 aliphatic rings. The van der Waals surface area contributed by atoms with Crippen molar-refractivity contribution in [3.63, 3.8) is 0 Å². The van der Waals surface area contributed by atoms with E-state index in [1.54, 1.807) is 11.0 Å². The lowest BCUT2D eigenvalue weighted by molar-refractivity contribution is -0.123. The first-order chi connectivity index (χ1) is 16.6. The van der Waals surface area contributed by atoms with Gasteiger partial charge in [-0.15, -0.1) is 0 Å². The summed E-state index contributed by atoms with van der Waals surface area (Å²) < 4.78 is 14.6. The van der Waals surface area contributed by atoms with Gasteiger partial charge in [-0.25, -0.2) is 4.39 Å². The maximum absolute atomic E-state index is 14.6. The van der Waals surface area contributed by atoms with Crippen LogP contribution in [-0.2, 0) is 4.79 Å². The smallest absolute Gasteiger partial charge is 0.231 e. The molecule has 2 aromatic rings. The third-order valence-corrected chi connectivity index (χ3v) is 8.07. The van der Waals surface area contributed by atoms with Gasteiger partial charge >= 0.3 is 0 Å². The van der Waals surface area contributed by atoms with E-state index in [0.717, 1.165) is 44.2 Å². The minimum Gasteiger partial charge on any atom is -0.316 e. The molecule has 3 heterocycles. The number of rotatable bonds is 4. The second-order valence-corrected chi connectivity index (χ2v) is 10.2. The molecular formula is C27H30FN5O. The third kappa shape index (κ3) is 4.00. The van der Waals surface area contributed by atoms with E-state index in [0.29, 0.717) is 23.8 Å². The molecule has 1 aliphatic carbocycles. The van der Waals surface area contributed by atoms with Gasteiger partial charge in [0.1, 0.15) is 18.1 Å². The van der Waals surface area contributed by atoms with Gasteiger partial charge in [0.05, 0.1) is 18.2 Å². The molecule has 2 N–H and O–H groups in total. The number of nitrogens with zero attached hydrogens (tertiary/aromatic N) is 3. The van der Waals surface area contributed by atoms with E-state index >= 15 is 0 Å². The molecule has 4 unspecified atom stereocenters. The summed E-state index contributed by atoms with van der Waals surface area (Å²) in [7, 11) is 0. The summed E-state index contributed by atoms with van der Waals surface area (Å²) in [6.07, 6.45) is 3.37. The maximum atomic E-state index is 14.6. The molecule has 4 atom stereocenters. The van der Waals surface area contributed by atoms with E-state index in [9.17, 15) is 14.4 Å². The Labute approximate surface area is 199 Å². The molecule has 1 saturated carbocycles. The number of halogens is 1. The van der Waals surface area contributed by atoms with Crippen LogP contribution in [0.15, 0.2) is 42.5 Å². The number of likely N-dealkylation sites (tertiary alicyclic amines) is 1. The monoisotopic (exact) mass is 459 g/mol. The Morgan fingerprint density at radius 2 is 1.76 bits per heavy atom. The molecule has 1 amide bonds. The standard InChI is InChI=1S/C27H30FN5O/c28-24-11-19(3-4-20(24)13-29)27-31-25(32-10-9-21-14-30-15-22(21)16-32)12-26(34)33(27)23-7-5-18(6-8-23)17-1-2-17/h3-8,11,17,21-22,25,27,30-31H,1-2,9-10,12,14-16H2. The average Bonchev–Trinajstić information content (AvgIpc) is 3.60. The van der Waals surface area contributed by atoms with Crippen molar-refractivity contribution in [1.29, 1.82) is 5.26 Å². The Bertz CT molecular complexity index is 1120. The Morgan fingerprint density at radius 1 is 1.00 bits per heavy atom. The SMILES string of the molecule is N#Cc1ccc(C2NC(N3CCC4CNCC4C3)CC(=O)N2c2ccc(C3CC3)cc2)cc1F. The van der Waals surface area contributed by atoms with E-state index < -0.39 is 12.0 Å². The highest BCUT2D eigenvalue weighted by atomic mass is 19.1. The quantitative estimate of drug-likeness (QED) is 0.733. The van der Waals surface area contributed by atoms with Crippen LogP contribution >= 0.6 is 0 Å². The fourth-order valence-corrected chi connectivity index (χ4v) is 5.96. The zero-order valence-electron chi connectivity index (χ0n) is 19.2. The topological polar surface area (TPSA) is 71.4 Å². The van der Waals surface area contributed by atoms with Crippen LogP contribution in [0, 0.1) is 29.0 Å². The minimum absolute atomic E-state index is 0.0126. The van der Waals surface area contributed by atoms with Crippen LogP contribution in [-0.4, -0.2) is 43.2 Å². The van der Waals surface area contributed by atoms with Gasteiger partial charge in [-0.3, -0.25) is 19.9 Å². The lowest BCUT2D eigenvalue weighted by Gasteiger charge is -2.47. The molecule has 2 aromatic carbocycles. The average molecular weight is 460 g/mol. The largest absolute Gasteiger partial charge is 0.316 e. The molecule has 6 nitrogen and oxygen atoms in total. The highest BCUT2D eigenvalue weighted by molar-refractivity contribution is 5.95. The van der Waals surface area contributed by atoms with E-state index in [-0.39, 0.29) is 17.6 Å². The van der Waals surface area contributed by atoms with Crippen molar-refractivity contribution in [3.05, 3.63) is 65.0 Å². The normalized spacial score (nSPS) is 29.6. The number of carbonyl (C=O) groups is 1. The number of anilines is 1. The van der Waals surface area contributed by atoms with E-state index in [1.807, 2.05) is 18.2 Å². The molecule has 3 aliphatic heterocycles. The summed E-state index contributed by atoms with van der Waals surface area (Å²) in [6.45, 7) is 4.05. The third-order valence-electron chi connectivity index (χ3n) is 8.07. The second kappa shape index (κ2) is 8.77. The number of nitriles is 1. The highest BCUT2D eigenvalue weighted by Crippen LogP contribution is 2.41. The first kappa shape index (κ1) is 21.7. The summed E-state index contributed by atoms with van der Waals surface area (Å²) in [5.74, 6) is 1.46. The Kier molecular flexibility index (Phi) is 5.60. The first-order valence-corrected chi connectivity index (χ1v) is 12.4. The van der Waals surface area contributed by atoms with Gasteiger partial charge in [-0.05, 0) is 92.0 Å². The van der Waals surface area contributed by atoms with E-state index in [2.05, 4.69) is 27.7 Å². The minimum atomic E-state index is -0.557. The number of fused-ring (bicyclic) bond motifs is 1. The van der Waals surface area contributed by atoms with Crippen molar-refractivity contribution in [2.45, 2.75) is 43.9 Å². The van der Waals surface area contributed by atoms with Gasteiger partial charge in [0, 0.05) is 12.2 Å².